The normalized spacial score (nSPS) is 11.3. The summed E-state index contributed by atoms with van der Waals surface area (Å²) in [5.74, 6) is -0.734. The number of hydrogen-bond acceptors (Lipinski definition) is 6. The van der Waals surface area contributed by atoms with Crippen molar-refractivity contribution in [1.82, 2.24) is 0 Å². The Morgan fingerprint density at radius 3 is 2.41 bits per heavy atom. The monoisotopic (exact) mass is 456 g/mol. The van der Waals surface area contributed by atoms with Crippen LogP contribution in [0.2, 0.25) is 0 Å². The highest BCUT2D eigenvalue weighted by Crippen LogP contribution is 2.27. The van der Waals surface area contributed by atoms with Crippen molar-refractivity contribution < 1.29 is 22.9 Å². The molecular formula is C17H17BrN2O6S. The minimum Gasteiger partial charge on any atom is -0.462 e. The molecule has 0 fully saturated rings. The van der Waals surface area contributed by atoms with E-state index < -0.39 is 33.6 Å². The number of non-ortho nitro benzene ring substituents is 1. The number of nitro benzene ring substituents is 1. The maximum Gasteiger partial charge on any atom is 0.327 e. The van der Waals surface area contributed by atoms with Gasteiger partial charge in [0, 0.05) is 16.6 Å². The van der Waals surface area contributed by atoms with Gasteiger partial charge in [-0.05, 0) is 44.2 Å². The molecule has 0 unspecified atom stereocenters. The summed E-state index contributed by atoms with van der Waals surface area (Å²) in [6, 6.07) is 10.9. The third kappa shape index (κ3) is 5.27. The molecule has 2 rings (SSSR count). The molecule has 8 nitrogen and oxygen atoms in total. The van der Waals surface area contributed by atoms with E-state index in [4.69, 9.17) is 4.74 Å². The largest absolute Gasteiger partial charge is 0.462 e. The number of esters is 1. The minimum absolute atomic E-state index is 0.227. The zero-order chi connectivity index (χ0) is 20.2. The van der Waals surface area contributed by atoms with E-state index in [1.807, 2.05) is 0 Å². The lowest BCUT2D eigenvalue weighted by atomic mass is 10.3. The fourth-order valence-electron chi connectivity index (χ4n) is 2.22. The molecule has 0 aliphatic carbocycles. The van der Waals surface area contributed by atoms with Gasteiger partial charge in [-0.15, -0.1) is 0 Å². The van der Waals surface area contributed by atoms with Crippen LogP contribution in [-0.4, -0.2) is 32.0 Å². The topological polar surface area (TPSA) is 107 Å². The van der Waals surface area contributed by atoms with Crippen LogP contribution in [0.15, 0.2) is 57.9 Å². The molecule has 144 valence electrons. The summed E-state index contributed by atoms with van der Waals surface area (Å²) in [6.07, 6.45) is -0.412. The summed E-state index contributed by atoms with van der Waals surface area (Å²) in [7, 11) is -4.24. The van der Waals surface area contributed by atoms with Gasteiger partial charge in [-0.25, -0.2) is 8.42 Å². The van der Waals surface area contributed by atoms with Gasteiger partial charge in [-0.3, -0.25) is 19.2 Å². The fraction of sp³-hybridized carbons (Fsp3) is 0.235. The molecule has 0 N–H and O–H groups in total. The Morgan fingerprint density at radius 1 is 1.22 bits per heavy atom. The maximum absolute atomic E-state index is 13.1. The lowest BCUT2D eigenvalue weighted by molar-refractivity contribution is -0.385. The number of benzene rings is 2. The molecule has 27 heavy (non-hydrogen) atoms. The lowest BCUT2D eigenvalue weighted by Crippen LogP contribution is -2.37. The molecular weight excluding hydrogens is 440 g/mol. The fourth-order valence-corrected chi connectivity index (χ4v) is 3.94. The van der Waals surface area contributed by atoms with Crippen LogP contribution in [0.3, 0.4) is 0 Å². The summed E-state index contributed by atoms with van der Waals surface area (Å²) in [6.45, 7) is 2.73. The van der Waals surface area contributed by atoms with Crippen molar-refractivity contribution in [3.63, 3.8) is 0 Å². The number of carbonyl (C=O) groups is 1. The van der Waals surface area contributed by atoms with Crippen LogP contribution >= 0.6 is 15.9 Å². The second-order valence-electron chi connectivity index (χ2n) is 5.78. The highest BCUT2D eigenvalue weighted by molar-refractivity contribution is 9.10. The Bertz CT molecular complexity index is 944. The molecule has 0 saturated carbocycles. The first kappa shape index (κ1) is 20.8. The second-order valence-corrected chi connectivity index (χ2v) is 8.56. The van der Waals surface area contributed by atoms with Crippen molar-refractivity contribution in [2.75, 3.05) is 10.8 Å². The van der Waals surface area contributed by atoms with Gasteiger partial charge in [-0.1, -0.05) is 22.0 Å². The number of halogens is 1. The van der Waals surface area contributed by atoms with E-state index in [1.54, 1.807) is 26.0 Å². The molecule has 0 heterocycles. The molecule has 10 heteroatoms. The van der Waals surface area contributed by atoms with Gasteiger partial charge in [0.25, 0.3) is 15.7 Å². The van der Waals surface area contributed by atoms with Crippen molar-refractivity contribution in [1.29, 1.82) is 0 Å². The predicted molar refractivity (Wildman–Crippen MR) is 103 cm³/mol. The van der Waals surface area contributed by atoms with E-state index in [9.17, 15) is 23.3 Å². The number of ether oxygens (including phenoxy) is 1. The van der Waals surface area contributed by atoms with E-state index in [0.29, 0.717) is 0 Å². The summed E-state index contributed by atoms with van der Waals surface area (Å²) in [5.41, 5.74) is -0.137. The highest BCUT2D eigenvalue weighted by atomic mass is 79.9. The Morgan fingerprint density at radius 2 is 1.85 bits per heavy atom. The highest BCUT2D eigenvalue weighted by Gasteiger charge is 2.29. The Kier molecular flexibility index (Phi) is 6.55. The number of hydrogen-bond donors (Lipinski definition) is 0. The van der Waals surface area contributed by atoms with Crippen LogP contribution in [0.25, 0.3) is 0 Å². The number of nitro groups is 1. The van der Waals surface area contributed by atoms with Crippen LogP contribution in [0.1, 0.15) is 13.8 Å². The van der Waals surface area contributed by atoms with Crippen molar-refractivity contribution in [2.24, 2.45) is 0 Å². The van der Waals surface area contributed by atoms with Gasteiger partial charge in [-0.2, -0.15) is 0 Å². The van der Waals surface area contributed by atoms with E-state index in [-0.39, 0.29) is 16.3 Å². The SMILES string of the molecule is CC(C)OC(=O)CN(c1ccc(Br)cc1)S(=O)(=O)c1cccc([N+](=O)[O-])c1. The van der Waals surface area contributed by atoms with Gasteiger partial charge in [0.05, 0.1) is 21.6 Å². The van der Waals surface area contributed by atoms with Crippen molar-refractivity contribution in [3.8, 4) is 0 Å². The van der Waals surface area contributed by atoms with E-state index in [2.05, 4.69) is 15.9 Å². The smallest absolute Gasteiger partial charge is 0.327 e. The zero-order valence-electron chi connectivity index (χ0n) is 14.5. The molecule has 0 aliphatic heterocycles. The predicted octanol–water partition coefficient (Wildman–Crippen LogP) is 3.50. The van der Waals surface area contributed by atoms with Gasteiger partial charge < -0.3 is 4.74 Å². The van der Waals surface area contributed by atoms with Crippen molar-refractivity contribution in [3.05, 3.63) is 63.1 Å². The first-order chi connectivity index (χ1) is 12.6. The average molecular weight is 457 g/mol. The third-order valence-corrected chi connectivity index (χ3v) is 5.67. The van der Waals surface area contributed by atoms with E-state index in [0.717, 1.165) is 14.8 Å². The quantitative estimate of drug-likeness (QED) is 0.358. The number of carbonyl (C=O) groups excluding carboxylic acids is 1. The molecule has 0 atom stereocenters. The molecule has 0 bridgehead atoms. The summed E-state index contributed by atoms with van der Waals surface area (Å²) >= 11 is 3.26. The first-order valence-corrected chi connectivity index (χ1v) is 10.1. The molecule has 0 saturated heterocycles. The summed E-state index contributed by atoms with van der Waals surface area (Å²) < 4.78 is 32.8. The molecule has 0 spiro atoms. The first-order valence-electron chi connectivity index (χ1n) is 7.83. The van der Waals surface area contributed by atoms with Gasteiger partial charge in [0.2, 0.25) is 0 Å². The van der Waals surface area contributed by atoms with Crippen LogP contribution < -0.4 is 4.31 Å². The van der Waals surface area contributed by atoms with Crippen molar-refractivity contribution in [2.45, 2.75) is 24.8 Å². The minimum atomic E-state index is -4.24. The van der Waals surface area contributed by atoms with Crippen LogP contribution in [-0.2, 0) is 19.6 Å². The van der Waals surface area contributed by atoms with Crippen LogP contribution in [0.4, 0.5) is 11.4 Å². The Labute approximate surface area is 165 Å². The van der Waals surface area contributed by atoms with Crippen molar-refractivity contribution >= 4 is 43.3 Å². The Hall–Kier alpha value is -2.46. The summed E-state index contributed by atoms with van der Waals surface area (Å²) in [5, 5.41) is 11.0. The van der Waals surface area contributed by atoms with Crippen LogP contribution in [0, 0.1) is 10.1 Å². The standard InChI is InChI=1S/C17H17BrN2O6S/c1-12(2)26-17(21)11-19(14-8-6-13(18)7-9-14)27(24,25)16-5-3-4-15(10-16)20(22)23/h3-10,12H,11H2,1-2H3. The molecule has 0 radical (unpaired) electrons. The maximum atomic E-state index is 13.1. The number of sulfonamides is 1. The Balaban J connectivity index is 2.50. The molecule has 0 aromatic heterocycles. The molecule has 2 aromatic carbocycles. The summed E-state index contributed by atoms with van der Waals surface area (Å²) in [4.78, 5) is 22.1. The van der Waals surface area contributed by atoms with E-state index >= 15 is 0 Å². The lowest BCUT2D eigenvalue weighted by Gasteiger charge is -2.24. The number of rotatable bonds is 7. The van der Waals surface area contributed by atoms with Gasteiger partial charge in [0.15, 0.2) is 0 Å². The van der Waals surface area contributed by atoms with Crippen LogP contribution in [0.5, 0.6) is 0 Å². The number of nitrogens with zero attached hydrogens (tertiary/aromatic N) is 2. The zero-order valence-corrected chi connectivity index (χ0v) is 16.9. The van der Waals surface area contributed by atoms with Gasteiger partial charge in [0.1, 0.15) is 6.54 Å². The third-order valence-electron chi connectivity index (χ3n) is 3.37. The molecule has 2 aromatic rings. The molecule has 0 amide bonds. The van der Waals surface area contributed by atoms with E-state index in [1.165, 1.54) is 30.3 Å². The average Bonchev–Trinajstić information content (AvgIpc) is 2.60. The molecule has 0 aliphatic rings. The van der Waals surface area contributed by atoms with Gasteiger partial charge >= 0.3 is 5.97 Å². The number of anilines is 1. The second kappa shape index (κ2) is 8.49.